The molecule has 1 rings (SSSR count). The van der Waals surface area contributed by atoms with Gasteiger partial charge in [-0.2, -0.15) is 0 Å². The maximum atomic E-state index is 11.7. The Morgan fingerprint density at radius 3 is 2.10 bits per heavy atom. The average molecular weight is 282 g/mol. The van der Waals surface area contributed by atoms with E-state index >= 15 is 0 Å². The molecule has 4 N–H and O–H groups in total. The van der Waals surface area contributed by atoms with Crippen molar-refractivity contribution in [2.24, 2.45) is 0 Å². The van der Waals surface area contributed by atoms with Gasteiger partial charge in [0, 0.05) is 18.5 Å². The Morgan fingerprint density at radius 1 is 1.05 bits per heavy atom. The number of carbonyl (C=O) groups is 2. The molecule has 1 amide bonds. The highest BCUT2D eigenvalue weighted by atomic mass is 16.4. The molecule has 0 bridgehead atoms. The molecule has 0 saturated carbocycles. The van der Waals surface area contributed by atoms with Crippen molar-refractivity contribution in [2.45, 2.75) is 38.9 Å². The second-order valence-corrected chi connectivity index (χ2v) is 4.30. The van der Waals surface area contributed by atoms with E-state index in [1.165, 1.54) is 12.1 Å². The van der Waals surface area contributed by atoms with Crippen molar-refractivity contribution in [1.29, 1.82) is 0 Å². The molecule has 0 aliphatic rings. The summed E-state index contributed by atoms with van der Waals surface area (Å²) in [6, 6.07) is 3.04. The van der Waals surface area contributed by atoms with Crippen LogP contribution in [0.3, 0.4) is 0 Å². The highest BCUT2D eigenvalue weighted by Gasteiger charge is 2.06. The molecule has 0 fully saturated rings. The van der Waals surface area contributed by atoms with Crippen LogP contribution in [0.4, 0.5) is 5.69 Å². The summed E-state index contributed by atoms with van der Waals surface area (Å²) in [5.41, 5.74) is 1.17. The number of nitrogens with zero attached hydrogens (tertiary/aromatic N) is 1. The molecule has 110 valence electrons. The molecule has 0 aliphatic carbocycles. The van der Waals surface area contributed by atoms with Crippen molar-refractivity contribution in [1.82, 2.24) is 4.98 Å². The number of hydrogen-bond acceptors (Lipinski definition) is 5. The largest absolute Gasteiger partial charge is 0.481 e. The van der Waals surface area contributed by atoms with Crippen molar-refractivity contribution >= 4 is 17.6 Å². The minimum Gasteiger partial charge on any atom is -0.481 e. The second-order valence-electron chi connectivity index (χ2n) is 4.30. The Bertz CT molecular complexity index is 454. The average Bonchev–Trinajstić information content (AvgIpc) is 2.42. The van der Waals surface area contributed by atoms with Crippen LogP contribution in [0, 0.1) is 0 Å². The van der Waals surface area contributed by atoms with Gasteiger partial charge in [0.15, 0.2) is 0 Å². The number of carbonyl (C=O) groups excluding carboxylic acids is 1. The van der Waals surface area contributed by atoms with E-state index in [2.05, 4.69) is 10.3 Å². The van der Waals surface area contributed by atoms with Gasteiger partial charge in [0.1, 0.15) is 0 Å². The van der Waals surface area contributed by atoms with Gasteiger partial charge in [0.05, 0.1) is 24.6 Å². The molecule has 0 atom stereocenters. The molecule has 7 nitrogen and oxygen atoms in total. The van der Waals surface area contributed by atoms with E-state index in [1.54, 1.807) is 0 Å². The number of aliphatic hydroxyl groups excluding tert-OH is 2. The van der Waals surface area contributed by atoms with Crippen molar-refractivity contribution < 1.29 is 24.9 Å². The predicted octanol–water partition coefficient (Wildman–Crippen LogP) is 0.650. The van der Waals surface area contributed by atoms with E-state index < -0.39 is 5.97 Å². The predicted molar refractivity (Wildman–Crippen MR) is 70.8 cm³/mol. The van der Waals surface area contributed by atoms with Crippen LogP contribution >= 0.6 is 0 Å². The van der Waals surface area contributed by atoms with Gasteiger partial charge in [0.25, 0.3) is 0 Å². The molecule has 1 heterocycles. The molecule has 1 aromatic heterocycles. The summed E-state index contributed by atoms with van der Waals surface area (Å²) in [4.78, 5) is 25.9. The lowest BCUT2D eigenvalue weighted by Gasteiger charge is -2.08. The Morgan fingerprint density at radius 2 is 1.60 bits per heavy atom. The van der Waals surface area contributed by atoms with E-state index in [1.807, 2.05) is 0 Å². The van der Waals surface area contributed by atoms with E-state index in [0.717, 1.165) is 0 Å². The lowest BCUT2D eigenvalue weighted by atomic mass is 10.2. The highest BCUT2D eigenvalue weighted by Crippen LogP contribution is 2.13. The number of aliphatic carboxylic acids is 1. The first-order valence-electron chi connectivity index (χ1n) is 6.28. The van der Waals surface area contributed by atoms with Crippen LogP contribution in [0.15, 0.2) is 12.1 Å². The zero-order valence-corrected chi connectivity index (χ0v) is 11.0. The first-order valence-corrected chi connectivity index (χ1v) is 6.28. The molecule has 0 spiro atoms. The summed E-state index contributed by atoms with van der Waals surface area (Å²) in [6.07, 6.45) is 1.20. The summed E-state index contributed by atoms with van der Waals surface area (Å²) in [5, 5.41) is 29.2. The topological polar surface area (TPSA) is 120 Å². The number of aliphatic hydroxyl groups is 2. The van der Waals surface area contributed by atoms with Crippen LogP contribution < -0.4 is 5.32 Å². The minimum atomic E-state index is -0.875. The lowest BCUT2D eigenvalue weighted by molar-refractivity contribution is -0.137. The Kier molecular flexibility index (Phi) is 6.61. The number of amides is 1. The molecule has 20 heavy (non-hydrogen) atoms. The molecule has 0 unspecified atom stereocenters. The Hall–Kier alpha value is -1.99. The van der Waals surface area contributed by atoms with Gasteiger partial charge >= 0.3 is 5.97 Å². The fourth-order valence-electron chi connectivity index (χ4n) is 1.67. The number of carboxylic acids is 1. The zero-order valence-electron chi connectivity index (χ0n) is 11.0. The standard InChI is InChI=1S/C13H18N2O5/c16-7-10-5-9(6-11(8-17)14-10)15-12(18)3-1-2-4-13(19)20/h5-6,16-17H,1-4,7-8H2,(H,19,20)(H,14,15,18). The normalized spacial score (nSPS) is 10.3. The van der Waals surface area contributed by atoms with Crippen LogP contribution in [-0.2, 0) is 22.8 Å². The van der Waals surface area contributed by atoms with Crippen molar-refractivity contribution in [3.8, 4) is 0 Å². The van der Waals surface area contributed by atoms with Crippen LogP contribution in [-0.4, -0.2) is 32.2 Å². The molecule has 7 heteroatoms. The molecule has 0 saturated heterocycles. The first-order chi connectivity index (χ1) is 9.55. The smallest absolute Gasteiger partial charge is 0.303 e. The highest BCUT2D eigenvalue weighted by molar-refractivity contribution is 5.90. The quantitative estimate of drug-likeness (QED) is 0.520. The van der Waals surface area contributed by atoms with E-state index in [4.69, 9.17) is 15.3 Å². The van der Waals surface area contributed by atoms with Crippen LogP contribution in [0.1, 0.15) is 37.1 Å². The summed E-state index contributed by atoms with van der Waals surface area (Å²) in [6.45, 7) is -0.565. The maximum Gasteiger partial charge on any atom is 0.303 e. The Balaban J connectivity index is 2.50. The molecular formula is C13H18N2O5. The first kappa shape index (κ1) is 16.1. The number of anilines is 1. The van der Waals surface area contributed by atoms with E-state index in [0.29, 0.717) is 29.9 Å². The number of nitrogens with one attached hydrogen (secondary N) is 1. The maximum absolute atomic E-state index is 11.7. The van der Waals surface area contributed by atoms with Gasteiger partial charge in [-0.3, -0.25) is 14.6 Å². The third-order valence-corrected chi connectivity index (χ3v) is 2.58. The lowest BCUT2D eigenvalue weighted by Crippen LogP contribution is -2.12. The van der Waals surface area contributed by atoms with Gasteiger partial charge in [-0.25, -0.2) is 0 Å². The van der Waals surface area contributed by atoms with E-state index in [-0.39, 0.29) is 32.0 Å². The van der Waals surface area contributed by atoms with Gasteiger partial charge in [-0.05, 0) is 25.0 Å². The van der Waals surface area contributed by atoms with Crippen molar-refractivity contribution in [2.75, 3.05) is 5.32 Å². The van der Waals surface area contributed by atoms with Crippen molar-refractivity contribution in [3.63, 3.8) is 0 Å². The summed E-state index contributed by atoms with van der Waals surface area (Å²) in [5.74, 6) is -1.12. The third kappa shape index (κ3) is 5.77. The summed E-state index contributed by atoms with van der Waals surface area (Å²) in [7, 11) is 0. The van der Waals surface area contributed by atoms with Gasteiger partial charge in [-0.15, -0.1) is 0 Å². The number of aromatic nitrogens is 1. The number of pyridine rings is 1. The molecule has 0 radical (unpaired) electrons. The van der Waals surface area contributed by atoms with Crippen molar-refractivity contribution in [3.05, 3.63) is 23.5 Å². The molecule has 0 aliphatic heterocycles. The number of carboxylic acid groups (broad SMARTS) is 1. The molecule has 1 aromatic rings. The number of hydrogen-bond donors (Lipinski definition) is 4. The number of rotatable bonds is 8. The second kappa shape index (κ2) is 8.23. The van der Waals surface area contributed by atoms with E-state index in [9.17, 15) is 9.59 Å². The van der Waals surface area contributed by atoms with Gasteiger partial charge in [0.2, 0.25) is 5.91 Å². The minimum absolute atomic E-state index is 0.0475. The summed E-state index contributed by atoms with van der Waals surface area (Å²) >= 11 is 0. The zero-order chi connectivity index (χ0) is 15.0. The van der Waals surface area contributed by atoms with Crippen LogP contribution in [0.2, 0.25) is 0 Å². The van der Waals surface area contributed by atoms with Gasteiger partial charge < -0.3 is 20.6 Å². The summed E-state index contributed by atoms with van der Waals surface area (Å²) < 4.78 is 0. The SMILES string of the molecule is O=C(O)CCCCC(=O)Nc1cc(CO)nc(CO)c1. The number of unbranched alkanes of at least 4 members (excludes halogenated alkanes) is 1. The van der Waals surface area contributed by atoms with Gasteiger partial charge in [-0.1, -0.05) is 0 Å². The monoisotopic (exact) mass is 282 g/mol. The van der Waals surface area contributed by atoms with Crippen LogP contribution in [0.5, 0.6) is 0 Å². The van der Waals surface area contributed by atoms with Crippen LogP contribution in [0.25, 0.3) is 0 Å². The Labute approximate surface area is 116 Å². The molecule has 0 aromatic carbocycles. The fraction of sp³-hybridized carbons (Fsp3) is 0.462. The fourth-order valence-corrected chi connectivity index (χ4v) is 1.67. The third-order valence-electron chi connectivity index (χ3n) is 2.58. The molecular weight excluding hydrogens is 264 g/mol.